The van der Waals surface area contributed by atoms with E-state index in [1.165, 1.54) is 5.56 Å². The summed E-state index contributed by atoms with van der Waals surface area (Å²) >= 11 is 0. The average Bonchev–Trinajstić information content (AvgIpc) is 2.77. The van der Waals surface area contributed by atoms with Gasteiger partial charge in [-0.25, -0.2) is 0 Å². The first-order valence-electron chi connectivity index (χ1n) is 5.69. The molecule has 17 heavy (non-hydrogen) atoms. The van der Waals surface area contributed by atoms with Gasteiger partial charge in [0.2, 0.25) is 0 Å². The van der Waals surface area contributed by atoms with Crippen molar-refractivity contribution in [1.29, 1.82) is 0 Å². The number of ether oxygens (including phenoxy) is 1. The zero-order valence-corrected chi connectivity index (χ0v) is 9.94. The lowest BCUT2D eigenvalue weighted by molar-refractivity contribution is 0.195. The first-order chi connectivity index (χ1) is 8.29. The molecule has 90 valence electrons. The lowest BCUT2D eigenvalue weighted by atomic mass is 10.1. The van der Waals surface area contributed by atoms with Gasteiger partial charge in [-0.2, -0.15) is 5.10 Å². The molecule has 0 aliphatic rings. The number of benzene rings is 1. The van der Waals surface area contributed by atoms with Crippen LogP contribution < -0.4 is 5.73 Å². The first kappa shape index (κ1) is 11.7. The topological polar surface area (TPSA) is 63.9 Å². The van der Waals surface area contributed by atoms with Crippen LogP contribution in [-0.4, -0.2) is 23.9 Å². The van der Waals surface area contributed by atoms with Crippen LogP contribution in [0.4, 0.5) is 5.82 Å². The minimum Gasteiger partial charge on any atom is -0.385 e. The van der Waals surface area contributed by atoms with Crippen molar-refractivity contribution in [1.82, 2.24) is 10.2 Å². The van der Waals surface area contributed by atoms with Crippen LogP contribution in [0.1, 0.15) is 12.0 Å². The largest absolute Gasteiger partial charge is 0.385 e. The van der Waals surface area contributed by atoms with Crippen molar-refractivity contribution in [3.05, 3.63) is 35.9 Å². The summed E-state index contributed by atoms with van der Waals surface area (Å²) in [6, 6.07) is 10.2. The van der Waals surface area contributed by atoms with E-state index < -0.39 is 0 Å². The van der Waals surface area contributed by atoms with Gasteiger partial charge in [-0.15, -0.1) is 0 Å². The Kier molecular flexibility index (Phi) is 3.77. The third-order valence-electron chi connectivity index (χ3n) is 2.68. The van der Waals surface area contributed by atoms with Crippen molar-refractivity contribution in [3.8, 4) is 11.3 Å². The second-order valence-corrected chi connectivity index (χ2v) is 4.00. The second kappa shape index (κ2) is 5.50. The molecule has 0 amide bonds. The van der Waals surface area contributed by atoms with Gasteiger partial charge in [-0.05, 0) is 24.0 Å². The Bertz CT molecular complexity index is 462. The Morgan fingerprint density at radius 1 is 1.29 bits per heavy atom. The van der Waals surface area contributed by atoms with E-state index in [1.54, 1.807) is 7.11 Å². The molecule has 0 bridgehead atoms. The predicted molar refractivity (Wildman–Crippen MR) is 68.6 cm³/mol. The average molecular weight is 231 g/mol. The molecule has 0 fully saturated rings. The van der Waals surface area contributed by atoms with Gasteiger partial charge in [0.25, 0.3) is 0 Å². The molecular weight excluding hydrogens is 214 g/mol. The predicted octanol–water partition coefficient (Wildman–Crippen LogP) is 2.24. The molecule has 1 aromatic heterocycles. The molecule has 1 heterocycles. The maximum Gasteiger partial charge on any atom is 0.145 e. The Balaban J connectivity index is 2.02. The monoisotopic (exact) mass is 231 g/mol. The minimum absolute atomic E-state index is 0.518. The summed E-state index contributed by atoms with van der Waals surface area (Å²) < 4.78 is 5.03. The SMILES string of the molecule is COCCCc1ccc(-c2cc(N)n[nH]2)cc1. The molecule has 4 heteroatoms. The quantitative estimate of drug-likeness (QED) is 0.776. The van der Waals surface area contributed by atoms with E-state index in [1.807, 2.05) is 6.07 Å². The molecule has 2 rings (SSSR count). The number of aromatic amines is 1. The Morgan fingerprint density at radius 2 is 2.06 bits per heavy atom. The van der Waals surface area contributed by atoms with Crippen LogP contribution >= 0.6 is 0 Å². The summed E-state index contributed by atoms with van der Waals surface area (Å²) in [6.45, 7) is 0.804. The van der Waals surface area contributed by atoms with Crippen LogP contribution in [0.25, 0.3) is 11.3 Å². The number of hydrogen-bond acceptors (Lipinski definition) is 3. The Morgan fingerprint density at radius 3 is 2.65 bits per heavy atom. The van der Waals surface area contributed by atoms with E-state index in [4.69, 9.17) is 10.5 Å². The number of nitrogens with two attached hydrogens (primary N) is 1. The van der Waals surface area contributed by atoms with E-state index in [0.717, 1.165) is 30.7 Å². The number of H-pyrrole nitrogens is 1. The van der Waals surface area contributed by atoms with E-state index >= 15 is 0 Å². The van der Waals surface area contributed by atoms with Crippen LogP contribution in [0.3, 0.4) is 0 Å². The van der Waals surface area contributed by atoms with Crippen molar-refractivity contribution < 1.29 is 4.74 Å². The van der Waals surface area contributed by atoms with Gasteiger partial charge < -0.3 is 10.5 Å². The van der Waals surface area contributed by atoms with Crippen LogP contribution in [0.5, 0.6) is 0 Å². The maximum absolute atomic E-state index is 5.57. The van der Waals surface area contributed by atoms with Gasteiger partial charge in [-0.3, -0.25) is 5.10 Å². The second-order valence-electron chi connectivity index (χ2n) is 4.00. The van der Waals surface area contributed by atoms with Gasteiger partial charge in [0, 0.05) is 19.8 Å². The number of nitrogens with one attached hydrogen (secondary N) is 1. The zero-order valence-electron chi connectivity index (χ0n) is 9.94. The summed E-state index contributed by atoms with van der Waals surface area (Å²) in [5, 5.41) is 6.81. The standard InChI is InChI=1S/C13H17N3O/c1-17-8-2-3-10-4-6-11(7-5-10)12-9-13(14)16-15-12/h4-7,9H,2-3,8H2,1H3,(H3,14,15,16). The van der Waals surface area contributed by atoms with Gasteiger partial charge in [0.05, 0.1) is 5.69 Å². The normalized spacial score (nSPS) is 10.6. The van der Waals surface area contributed by atoms with Gasteiger partial charge in [-0.1, -0.05) is 24.3 Å². The molecule has 0 aliphatic heterocycles. The number of nitrogens with zero attached hydrogens (tertiary/aromatic N) is 1. The zero-order chi connectivity index (χ0) is 12.1. The molecule has 0 spiro atoms. The van der Waals surface area contributed by atoms with E-state index in [2.05, 4.69) is 34.5 Å². The molecular formula is C13H17N3O. The molecule has 3 N–H and O–H groups in total. The van der Waals surface area contributed by atoms with Gasteiger partial charge in [0.15, 0.2) is 0 Å². The summed E-state index contributed by atoms with van der Waals surface area (Å²) in [5.74, 6) is 0.518. The first-order valence-corrected chi connectivity index (χ1v) is 5.69. The van der Waals surface area contributed by atoms with E-state index in [0.29, 0.717) is 5.82 Å². The summed E-state index contributed by atoms with van der Waals surface area (Å²) in [6.07, 6.45) is 2.09. The van der Waals surface area contributed by atoms with Crippen molar-refractivity contribution in [2.24, 2.45) is 0 Å². The Labute approximate surface area is 101 Å². The van der Waals surface area contributed by atoms with Crippen LogP contribution in [0.15, 0.2) is 30.3 Å². The smallest absolute Gasteiger partial charge is 0.145 e. The van der Waals surface area contributed by atoms with Crippen molar-refractivity contribution in [2.45, 2.75) is 12.8 Å². The van der Waals surface area contributed by atoms with Crippen molar-refractivity contribution in [2.75, 3.05) is 19.5 Å². The fourth-order valence-electron chi connectivity index (χ4n) is 1.76. The summed E-state index contributed by atoms with van der Waals surface area (Å²) in [4.78, 5) is 0. The number of aryl methyl sites for hydroxylation is 1. The number of methoxy groups -OCH3 is 1. The lowest BCUT2D eigenvalue weighted by Gasteiger charge is -2.02. The van der Waals surface area contributed by atoms with Crippen molar-refractivity contribution >= 4 is 5.82 Å². The highest BCUT2D eigenvalue weighted by molar-refractivity contribution is 5.62. The highest BCUT2D eigenvalue weighted by atomic mass is 16.5. The third-order valence-corrected chi connectivity index (χ3v) is 2.68. The molecule has 0 aliphatic carbocycles. The number of hydrogen-bond donors (Lipinski definition) is 2. The van der Waals surface area contributed by atoms with E-state index in [-0.39, 0.29) is 0 Å². The molecule has 0 atom stereocenters. The fourth-order valence-corrected chi connectivity index (χ4v) is 1.76. The molecule has 0 radical (unpaired) electrons. The minimum atomic E-state index is 0.518. The van der Waals surface area contributed by atoms with Gasteiger partial charge in [0.1, 0.15) is 5.82 Å². The van der Waals surface area contributed by atoms with Crippen LogP contribution in [-0.2, 0) is 11.2 Å². The molecule has 0 unspecified atom stereocenters. The molecule has 1 aromatic carbocycles. The fraction of sp³-hybridized carbons (Fsp3) is 0.308. The molecule has 4 nitrogen and oxygen atoms in total. The number of nitrogen functional groups attached to an aromatic ring is 1. The van der Waals surface area contributed by atoms with Crippen molar-refractivity contribution in [3.63, 3.8) is 0 Å². The van der Waals surface area contributed by atoms with Gasteiger partial charge >= 0.3 is 0 Å². The summed E-state index contributed by atoms with van der Waals surface area (Å²) in [5.41, 5.74) is 8.94. The maximum atomic E-state index is 5.57. The Hall–Kier alpha value is -1.81. The number of aromatic nitrogens is 2. The third kappa shape index (κ3) is 3.07. The molecule has 2 aromatic rings. The number of anilines is 1. The summed E-state index contributed by atoms with van der Waals surface area (Å²) in [7, 11) is 1.73. The van der Waals surface area contributed by atoms with E-state index in [9.17, 15) is 0 Å². The van der Waals surface area contributed by atoms with Crippen LogP contribution in [0.2, 0.25) is 0 Å². The number of rotatable bonds is 5. The highest BCUT2D eigenvalue weighted by Gasteiger charge is 2.01. The molecule has 0 saturated heterocycles. The lowest BCUT2D eigenvalue weighted by Crippen LogP contribution is -1.92. The van der Waals surface area contributed by atoms with Crippen LogP contribution in [0, 0.1) is 0 Å². The molecule has 0 saturated carbocycles. The highest BCUT2D eigenvalue weighted by Crippen LogP contribution is 2.19.